The van der Waals surface area contributed by atoms with Gasteiger partial charge in [-0.1, -0.05) is 12.2 Å². The number of carbonyl (C=O) groups is 2. The first-order chi connectivity index (χ1) is 9.41. The van der Waals surface area contributed by atoms with Crippen molar-refractivity contribution in [2.75, 3.05) is 12.4 Å². The average molecular weight is 292 g/mol. The van der Waals surface area contributed by atoms with Crippen molar-refractivity contribution in [2.45, 2.75) is 25.8 Å². The SMILES string of the molecule is Cc1ccnc(NC2CCC(=O)N(C)C2=O)c1C(N)=S. The number of nitrogens with one attached hydrogen (secondary N) is 1. The molecule has 0 aromatic carbocycles. The predicted molar refractivity (Wildman–Crippen MR) is 79.3 cm³/mol. The molecule has 1 aliphatic rings. The van der Waals surface area contributed by atoms with Crippen LogP contribution in [0.1, 0.15) is 24.0 Å². The molecule has 1 atom stereocenters. The Kier molecular flexibility index (Phi) is 3.99. The molecule has 0 saturated carbocycles. The zero-order valence-corrected chi connectivity index (χ0v) is 12.2. The summed E-state index contributed by atoms with van der Waals surface area (Å²) in [7, 11) is 1.48. The quantitative estimate of drug-likeness (QED) is 0.626. The fourth-order valence-corrected chi connectivity index (χ4v) is 2.45. The van der Waals surface area contributed by atoms with Crippen LogP contribution in [0.2, 0.25) is 0 Å². The van der Waals surface area contributed by atoms with Crippen molar-refractivity contribution >= 4 is 34.8 Å². The lowest BCUT2D eigenvalue weighted by molar-refractivity contribution is -0.146. The molecule has 7 heteroatoms. The summed E-state index contributed by atoms with van der Waals surface area (Å²) in [5.74, 6) is 0.0527. The van der Waals surface area contributed by atoms with E-state index >= 15 is 0 Å². The van der Waals surface area contributed by atoms with Gasteiger partial charge in [-0.15, -0.1) is 0 Å². The van der Waals surface area contributed by atoms with Crippen LogP contribution >= 0.6 is 12.2 Å². The third-order valence-corrected chi connectivity index (χ3v) is 3.57. The minimum atomic E-state index is -0.486. The highest BCUT2D eigenvalue weighted by Crippen LogP contribution is 2.21. The maximum atomic E-state index is 12.1. The van der Waals surface area contributed by atoms with Gasteiger partial charge in [-0.25, -0.2) is 4.98 Å². The third kappa shape index (κ3) is 2.62. The second-order valence-corrected chi connectivity index (χ2v) is 5.18. The number of aromatic nitrogens is 1. The lowest BCUT2D eigenvalue weighted by Crippen LogP contribution is -2.48. The molecule has 1 aromatic rings. The molecule has 0 radical (unpaired) electrons. The lowest BCUT2D eigenvalue weighted by atomic mass is 10.0. The van der Waals surface area contributed by atoms with Crippen LogP contribution in [0.15, 0.2) is 12.3 Å². The van der Waals surface area contributed by atoms with Crippen LogP contribution in [0.5, 0.6) is 0 Å². The third-order valence-electron chi connectivity index (χ3n) is 3.37. The molecule has 1 aliphatic heterocycles. The van der Waals surface area contributed by atoms with Gasteiger partial charge in [0.15, 0.2) is 0 Å². The Bertz CT molecular complexity index is 588. The van der Waals surface area contributed by atoms with Gasteiger partial charge in [-0.05, 0) is 25.0 Å². The van der Waals surface area contributed by atoms with Crippen molar-refractivity contribution in [1.82, 2.24) is 9.88 Å². The number of rotatable bonds is 3. The highest BCUT2D eigenvalue weighted by atomic mass is 32.1. The number of likely N-dealkylation sites (N-methyl/N-ethyl adjacent to an activating group) is 1. The lowest BCUT2D eigenvalue weighted by Gasteiger charge is -2.29. The first-order valence-electron chi connectivity index (χ1n) is 6.24. The van der Waals surface area contributed by atoms with E-state index in [1.165, 1.54) is 7.05 Å². The largest absolute Gasteiger partial charge is 0.389 e. The van der Waals surface area contributed by atoms with Crippen molar-refractivity contribution in [2.24, 2.45) is 5.73 Å². The van der Waals surface area contributed by atoms with Crippen LogP contribution in [0, 0.1) is 6.92 Å². The van der Waals surface area contributed by atoms with Crippen LogP contribution in [-0.4, -0.2) is 39.8 Å². The van der Waals surface area contributed by atoms with Gasteiger partial charge in [0, 0.05) is 19.7 Å². The maximum Gasteiger partial charge on any atom is 0.251 e. The molecule has 106 valence electrons. The molecule has 1 fully saturated rings. The van der Waals surface area contributed by atoms with Gasteiger partial charge in [0.2, 0.25) is 5.91 Å². The fourth-order valence-electron chi connectivity index (χ4n) is 2.19. The zero-order chi connectivity index (χ0) is 14.9. The van der Waals surface area contributed by atoms with Crippen LogP contribution in [0.25, 0.3) is 0 Å². The summed E-state index contributed by atoms with van der Waals surface area (Å²) in [6.07, 6.45) is 2.39. The molecule has 6 nitrogen and oxygen atoms in total. The Labute approximate surface area is 122 Å². The van der Waals surface area contributed by atoms with E-state index in [4.69, 9.17) is 18.0 Å². The minimum Gasteiger partial charge on any atom is -0.389 e. The molecule has 1 aromatic heterocycles. The number of piperidine rings is 1. The number of carbonyl (C=O) groups excluding carboxylic acids is 2. The minimum absolute atomic E-state index is 0.167. The van der Waals surface area contributed by atoms with Gasteiger partial charge in [0.25, 0.3) is 5.91 Å². The molecule has 1 unspecified atom stereocenters. The second kappa shape index (κ2) is 5.54. The van der Waals surface area contributed by atoms with Gasteiger partial charge >= 0.3 is 0 Å². The van der Waals surface area contributed by atoms with E-state index in [9.17, 15) is 9.59 Å². The van der Waals surface area contributed by atoms with Crippen molar-refractivity contribution in [3.05, 3.63) is 23.4 Å². The van der Waals surface area contributed by atoms with E-state index in [0.717, 1.165) is 10.5 Å². The van der Waals surface area contributed by atoms with Crippen LogP contribution in [0.4, 0.5) is 5.82 Å². The summed E-state index contributed by atoms with van der Waals surface area (Å²) in [6.45, 7) is 1.87. The molecule has 0 aliphatic carbocycles. The van der Waals surface area contributed by atoms with Gasteiger partial charge in [-0.3, -0.25) is 14.5 Å². The summed E-state index contributed by atoms with van der Waals surface area (Å²) >= 11 is 5.02. The average Bonchev–Trinajstić information content (AvgIpc) is 2.39. The molecule has 2 rings (SSSR count). The van der Waals surface area contributed by atoms with Crippen LogP contribution in [-0.2, 0) is 9.59 Å². The van der Waals surface area contributed by atoms with Crippen LogP contribution in [0.3, 0.4) is 0 Å². The molecule has 3 N–H and O–H groups in total. The number of thiocarbonyl (C=S) groups is 1. The summed E-state index contributed by atoms with van der Waals surface area (Å²) in [5, 5.41) is 3.05. The molecule has 20 heavy (non-hydrogen) atoms. The Morgan fingerprint density at radius 1 is 1.55 bits per heavy atom. The summed E-state index contributed by atoms with van der Waals surface area (Å²) in [4.78, 5) is 29.1. The topological polar surface area (TPSA) is 88.3 Å². The molecule has 2 heterocycles. The Morgan fingerprint density at radius 2 is 2.25 bits per heavy atom. The maximum absolute atomic E-state index is 12.1. The van der Waals surface area contributed by atoms with Crippen molar-refractivity contribution in [3.8, 4) is 0 Å². The number of aryl methyl sites for hydroxylation is 1. The normalized spacial score (nSPS) is 19.1. The molecular formula is C13H16N4O2S. The second-order valence-electron chi connectivity index (χ2n) is 4.74. The number of anilines is 1. The zero-order valence-electron chi connectivity index (χ0n) is 11.3. The molecule has 0 bridgehead atoms. The van der Waals surface area contributed by atoms with E-state index in [-0.39, 0.29) is 16.8 Å². The first-order valence-corrected chi connectivity index (χ1v) is 6.65. The Morgan fingerprint density at radius 3 is 2.90 bits per heavy atom. The van der Waals surface area contributed by atoms with E-state index in [0.29, 0.717) is 24.2 Å². The summed E-state index contributed by atoms with van der Waals surface area (Å²) in [5.41, 5.74) is 7.23. The highest BCUT2D eigenvalue weighted by molar-refractivity contribution is 7.80. The summed E-state index contributed by atoms with van der Waals surface area (Å²) in [6, 6.07) is 1.32. The molecule has 2 amide bonds. The number of nitrogens with zero attached hydrogens (tertiary/aromatic N) is 2. The predicted octanol–water partition coefficient (Wildman–Crippen LogP) is 0.584. The number of pyridine rings is 1. The first kappa shape index (κ1) is 14.4. The van der Waals surface area contributed by atoms with Gasteiger partial charge in [0.05, 0.1) is 5.56 Å². The number of hydrogen-bond acceptors (Lipinski definition) is 5. The molecular weight excluding hydrogens is 276 g/mol. The number of amides is 2. The van der Waals surface area contributed by atoms with Crippen molar-refractivity contribution in [3.63, 3.8) is 0 Å². The van der Waals surface area contributed by atoms with Crippen molar-refractivity contribution in [1.29, 1.82) is 0 Å². The Balaban J connectivity index is 2.27. The Hall–Kier alpha value is -2.02. The molecule has 0 spiro atoms. The fraction of sp³-hybridized carbons (Fsp3) is 0.385. The van der Waals surface area contributed by atoms with E-state index < -0.39 is 6.04 Å². The molecule has 1 saturated heterocycles. The van der Waals surface area contributed by atoms with E-state index in [2.05, 4.69) is 10.3 Å². The van der Waals surface area contributed by atoms with Crippen LogP contribution < -0.4 is 11.1 Å². The number of hydrogen-bond donors (Lipinski definition) is 2. The van der Waals surface area contributed by atoms with E-state index in [1.807, 2.05) is 6.92 Å². The van der Waals surface area contributed by atoms with Gasteiger partial charge in [0.1, 0.15) is 16.8 Å². The van der Waals surface area contributed by atoms with E-state index in [1.54, 1.807) is 12.3 Å². The number of imide groups is 1. The monoisotopic (exact) mass is 292 g/mol. The summed E-state index contributed by atoms with van der Waals surface area (Å²) < 4.78 is 0. The van der Waals surface area contributed by atoms with Gasteiger partial charge in [-0.2, -0.15) is 0 Å². The highest BCUT2D eigenvalue weighted by Gasteiger charge is 2.32. The van der Waals surface area contributed by atoms with Gasteiger partial charge < -0.3 is 11.1 Å². The smallest absolute Gasteiger partial charge is 0.251 e. The number of likely N-dealkylation sites (tertiary alicyclic amines) is 1. The standard InChI is InChI=1S/C13H16N4O2S/c1-7-5-6-15-12(10(7)11(14)20)16-8-3-4-9(18)17(2)13(8)19/h5-6,8H,3-4H2,1-2H3,(H2,14,20)(H,15,16). The number of nitrogens with two attached hydrogens (primary N) is 1. The van der Waals surface area contributed by atoms with Crippen molar-refractivity contribution < 1.29 is 9.59 Å².